The molecule has 0 aliphatic rings. The van der Waals surface area contributed by atoms with E-state index >= 15 is 0 Å². The Morgan fingerprint density at radius 1 is 1.86 bits per heavy atom. The van der Waals surface area contributed by atoms with Gasteiger partial charge >= 0.3 is 7.60 Å². The number of alkyl halides is 1. The van der Waals surface area contributed by atoms with Crippen molar-refractivity contribution < 1.29 is 19.8 Å². The Labute approximate surface area is 52.1 Å². The standard InChI is InChI=1S/C2H6ClO3P/c3-1-2-7(4,5)6/h1-2H2,(H2,4,5,6)/i1D2,2D2. The monoisotopic (exact) mass is 148 g/mol. The van der Waals surface area contributed by atoms with Crippen molar-refractivity contribution in [2.24, 2.45) is 0 Å². The molecule has 0 spiro atoms. The normalized spacial score (nSPS) is 24.4. The summed E-state index contributed by atoms with van der Waals surface area (Å²) in [6.07, 6.45) is -3.36. The van der Waals surface area contributed by atoms with E-state index in [-0.39, 0.29) is 0 Å². The number of rotatable bonds is 2. The molecule has 0 rings (SSSR count). The van der Waals surface area contributed by atoms with Crippen LogP contribution in [-0.4, -0.2) is 21.7 Å². The van der Waals surface area contributed by atoms with Gasteiger partial charge in [0.15, 0.2) is 0 Å². The van der Waals surface area contributed by atoms with Crippen LogP contribution in [0.4, 0.5) is 0 Å². The van der Waals surface area contributed by atoms with E-state index < -0.39 is 19.5 Å². The SMILES string of the molecule is [2H]C([2H])(Cl)C([2H])([2H])P(=O)(O)O. The summed E-state index contributed by atoms with van der Waals surface area (Å²) in [5.41, 5.74) is 0. The molecule has 2 N–H and O–H groups in total. The van der Waals surface area contributed by atoms with Crippen molar-refractivity contribution in [1.29, 1.82) is 0 Å². The molecule has 0 aliphatic carbocycles. The van der Waals surface area contributed by atoms with E-state index in [1.54, 1.807) is 0 Å². The van der Waals surface area contributed by atoms with Gasteiger partial charge in [0.2, 0.25) is 0 Å². The van der Waals surface area contributed by atoms with E-state index in [4.69, 9.17) is 26.9 Å². The maximum absolute atomic E-state index is 10.3. The quantitative estimate of drug-likeness (QED) is 0.440. The zero-order valence-electron chi connectivity index (χ0n) is 7.13. The molecular formula is C2H6ClO3P. The summed E-state index contributed by atoms with van der Waals surface area (Å²) in [6.45, 7) is 0. The van der Waals surface area contributed by atoms with Gasteiger partial charge in [-0.05, 0) is 0 Å². The summed E-state index contributed by atoms with van der Waals surface area (Å²) in [7, 11) is -5.16. The van der Waals surface area contributed by atoms with Gasteiger partial charge in [-0.3, -0.25) is 4.57 Å². The van der Waals surface area contributed by atoms with E-state index in [1.807, 2.05) is 0 Å². The second kappa shape index (κ2) is 2.68. The van der Waals surface area contributed by atoms with Gasteiger partial charge in [-0.1, -0.05) is 0 Å². The Kier molecular flexibility index (Phi) is 1.08. The molecule has 0 atom stereocenters. The fourth-order valence-corrected chi connectivity index (χ4v) is 0.495. The number of hydrogen-bond acceptors (Lipinski definition) is 1. The first-order chi connectivity index (χ1) is 4.50. The highest BCUT2D eigenvalue weighted by atomic mass is 35.5. The molecule has 0 heterocycles. The summed E-state index contributed by atoms with van der Waals surface area (Å²) in [6, 6.07) is 0. The molecule has 3 nitrogen and oxygen atoms in total. The first kappa shape index (κ1) is 2.83. The lowest BCUT2D eigenvalue weighted by atomic mass is 11.0. The minimum absolute atomic E-state index is 3.08. The van der Waals surface area contributed by atoms with Crippen LogP contribution in [0.2, 0.25) is 0 Å². The highest BCUT2D eigenvalue weighted by Gasteiger charge is 2.09. The van der Waals surface area contributed by atoms with Crippen LogP contribution in [0.25, 0.3) is 0 Å². The molecule has 0 aromatic rings. The summed E-state index contributed by atoms with van der Waals surface area (Å²) in [5.74, 6) is -3.08. The molecule has 0 aromatic carbocycles. The van der Waals surface area contributed by atoms with Gasteiger partial charge < -0.3 is 9.79 Å². The third kappa shape index (κ3) is 6.44. The first-order valence-electron chi connectivity index (χ1n) is 3.25. The lowest BCUT2D eigenvalue weighted by molar-refractivity contribution is 0.375. The van der Waals surface area contributed by atoms with Crippen molar-refractivity contribution in [3.63, 3.8) is 0 Å². The summed E-state index contributed by atoms with van der Waals surface area (Å²) >= 11 is 4.78. The second-order valence-corrected chi connectivity index (χ2v) is 2.25. The fraction of sp³-hybridized carbons (Fsp3) is 1.00. The van der Waals surface area contributed by atoms with Gasteiger partial charge in [0.05, 0.1) is 6.11 Å². The lowest BCUT2D eigenvalue weighted by Gasteiger charge is -1.95. The molecule has 0 saturated heterocycles. The highest BCUT2D eigenvalue weighted by molar-refractivity contribution is 7.51. The van der Waals surface area contributed by atoms with E-state index in [1.165, 1.54) is 0 Å². The van der Waals surface area contributed by atoms with Crippen molar-refractivity contribution in [3.05, 3.63) is 0 Å². The first-order valence-corrected chi connectivity index (χ1v) is 3.24. The van der Waals surface area contributed by atoms with E-state index in [0.29, 0.717) is 0 Å². The van der Waals surface area contributed by atoms with Gasteiger partial charge in [-0.25, -0.2) is 0 Å². The predicted molar refractivity (Wildman–Crippen MR) is 27.6 cm³/mol. The third-order valence-corrected chi connectivity index (χ3v) is 0.817. The minimum Gasteiger partial charge on any atom is -0.324 e. The van der Waals surface area contributed by atoms with Crippen LogP contribution in [0.1, 0.15) is 5.48 Å². The molecule has 44 valence electrons. The second-order valence-electron chi connectivity index (χ2n) is 0.750. The van der Waals surface area contributed by atoms with Crippen LogP contribution in [-0.2, 0) is 4.57 Å². The maximum atomic E-state index is 10.3. The molecule has 0 aliphatic heterocycles. The smallest absolute Gasteiger partial charge is 0.324 e. The Hall–Kier alpha value is 0.440. The van der Waals surface area contributed by atoms with Gasteiger partial charge in [-0.15, -0.1) is 11.6 Å². The zero-order chi connectivity index (χ0) is 9.50. The van der Waals surface area contributed by atoms with Crippen LogP contribution in [0, 0.1) is 0 Å². The van der Waals surface area contributed by atoms with Gasteiger partial charge in [0.25, 0.3) is 0 Å². The number of halogens is 1. The van der Waals surface area contributed by atoms with Crippen LogP contribution < -0.4 is 0 Å². The Morgan fingerprint density at radius 3 is 2.29 bits per heavy atom. The molecule has 0 radical (unpaired) electrons. The Bertz CT molecular complexity index is 194. The molecule has 0 saturated carbocycles. The molecule has 7 heavy (non-hydrogen) atoms. The molecule has 0 amide bonds. The molecular weight excluding hydrogens is 138 g/mol. The molecule has 0 unspecified atom stereocenters. The third-order valence-electron chi connectivity index (χ3n) is 0.188. The molecule has 5 heteroatoms. The molecule has 0 fully saturated rings. The zero-order valence-corrected chi connectivity index (χ0v) is 4.78. The maximum Gasteiger partial charge on any atom is 0.326 e. The van der Waals surface area contributed by atoms with E-state index in [2.05, 4.69) is 0 Å². The predicted octanol–water partition coefficient (Wildman–Crippen LogP) is 0.403. The van der Waals surface area contributed by atoms with Crippen molar-refractivity contribution in [1.82, 2.24) is 0 Å². The lowest BCUT2D eigenvalue weighted by Crippen LogP contribution is -1.86. The van der Waals surface area contributed by atoms with Crippen LogP contribution in [0.5, 0.6) is 0 Å². The van der Waals surface area contributed by atoms with Crippen molar-refractivity contribution >= 4 is 19.2 Å². The minimum atomic E-state index is -5.16. The van der Waals surface area contributed by atoms with Crippen molar-refractivity contribution in [2.75, 3.05) is 11.9 Å². The summed E-state index contributed by atoms with van der Waals surface area (Å²) in [4.78, 5) is 16.6. The number of hydrogen-bond donors (Lipinski definition) is 2. The molecule has 0 bridgehead atoms. The molecule has 0 aromatic heterocycles. The Morgan fingerprint density at radius 2 is 2.29 bits per heavy atom. The van der Waals surface area contributed by atoms with Crippen molar-refractivity contribution in [3.8, 4) is 0 Å². The van der Waals surface area contributed by atoms with Crippen LogP contribution in [0.15, 0.2) is 0 Å². The van der Waals surface area contributed by atoms with Gasteiger partial charge in [0, 0.05) is 11.3 Å². The average Bonchev–Trinajstić information content (AvgIpc) is 1.58. The van der Waals surface area contributed by atoms with Gasteiger partial charge in [-0.2, -0.15) is 0 Å². The average molecular weight is 149 g/mol. The topological polar surface area (TPSA) is 57.5 Å². The van der Waals surface area contributed by atoms with E-state index in [9.17, 15) is 4.57 Å². The van der Waals surface area contributed by atoms with Crippen LogP contribution >= 0.6 is 19.2 Å². The van der Waals surface area contributed by atoms with Gasteiger partial charge in [0.1, 0.15) is 0 Å². The Balaban J connectivity index is 4.91. The van der Waals surface area contributed by atoms with Crippen molar-refractivity contribution in [2.45, 2.75) is 0 Å². The summed E-state index contributed by atoms with van der Waals surface area (Å²) < 4.78 is 36.7. The summed E-state index contributed by atoms with van der Waals surface area (Å²) in [5, 5.41) is 0. The highest BCUT2D eigenvalue weighted by Crippen LogP contribution is 2.33. The fourth-order valence-electron chi connectivity index (χ4n) is 0.0550. The van der Waals surface area contributed by atoms with Crippen LogP contribution in [0.3, 0.4) is 0 Å². The largest absolute Gasteiger partial charge is 0.326 e. The van der Waals surface area contributed by atoms with E-state index in [0.717, 1.165) is 0 Å².